The number of imide groups is 1. The second kappa shape index (κ2) is 8.06. The van der Waals surface area contributed by atoms with Gasteiger partial charge in [-0.1, -0.05) is 29.8 Å². The number of nitrogens with one attached hydrogen (secondary N) is 1. The van der Waals surface area contributed by atoms with Gasteiger partial charge in [-0.2, -0.15) is 0 Å². The molecule has 7 heteroatoms. The van der Waals surface area contributed by atoms with Crippen LogP contribution in [-0.2, 0) is 4.79 Å². The van der Waals surface area contributed by atoms with E-state index in [-0.39, 0.29) is 17.8 Å². The molecule has 0 aliphatic carbocycles. The molecule has 1 fully saturated rings. The van der Waals surface area contributed by atoms with E-state index in [9.17, 15) is 9.59 Å². The summed E-state index contributed by atoms with van der Waals surface area (Å²) in [6.45, 7) is 2.03. The van der Waals surface area contributed by atoms with E-state index in [0.717, 1.165) is 34.3 Å². The second-order valence-electron chi connectivity index (χ2n) is 6.39. The van der Waals surface area contributed by atoms with Gasteiger partial charge in [0.05, 0.1) is 11.6 Å². The van der Waals surface area contributed by atoms with Gasteiger partial charge < -0.3 is 10.2 Å². The van der Waals surface area contributed by atoms with Crippen LogP contribution in [0.5, 0.6) is 0 Å². The van der Waals surface area contributed by atoms with E-state index >= 15 is 0 Å². The molecule has 0 radical (unpaired) electrons. The van der Waals surface area contributed by atoms with Gasteiger partial charge in [-0.15, -0.1) is 0 Å². The highest BCUT2D eigenvalue weighted by Gasteiger charge is 2.34. The Morgan fingerprint density at radius 1 is 1.15 bits per heavy atom. The molecule has 0 atom stereocenters. The highest BCUT2D eigenvalue weighted by Crippen LogP contribution is 2.32. The van der Waals surface area contributed by atoms with Gasteiger partial charge in [-0.25, -0.2) is 0 Å². The van der Waals surface area contributed by atoms with E-state index in [1.165, 1.54) is 4.90 Å². The number of thioether (sulfide) groups is 1. The van der Waals surface area contributed by atoms with Gasteiger partial charge in [0.2, 0.25) is 0 Å². The van der Waals surface area contributed by atoms with Crippen molar-refractivity contribution >= 4 is 52.0 Å². The van der Waals surface area contributed by atoms with Crippen molar-refractivity contribution in [2.24, 2.45) is 0 Å². The molecule has 1 saturated heterocycles. The smallest absolute Gasteiger partial charge is 0.295 e. The third-order valence-corrected chi connectivity index (χ3v) is 5.35. The van der Waals surface area contributed by atoms with Crippen LogP contribution in [-0.4, -0.2) is 36.8 Å². The first-order chi connectivity index (χ1) is 12.8. The van der Waals surface area contributed by atoms with Crippen molar-refractivity contribution in [1.29, 1.82) is 0 Å². The standard InChI is InChI=1S/C20H20ClN3O2S/c1-13-4-7-15(21)11-17(13)22-12-24-19(25)18(27-20(24)26)10-14-5-8-16(9-6-14)23(2)3/h4-11,22H,12H2,1-3H3/b18-10+. The van der Waals surface area contributed by atoms with Crippen molar-refractivity contribution in [1.82, 2.24) is 4.90 Å². The molecule has 2 amide bonds. The first-order valence-electron chi connectivity index (χ1n) is 8.38. The summed E-state index contributed by atoms with van der Waals surface area (Å²) in [5, 5.41) is 3.42. The normalized spacial score (nSPS) is 15.6. The number of carbonyl (C=O) groups is 2. The maximum atomic E-state index is 12.6. The van der Waals surface area contributed by atoms with Crippen LogP contribution in [0.15, 0.2) is 47.4 Å². The average Bonchev–Trinajstić information content (AvgIpc) is 2.89. The maximum absolute atomic E-state index is 12.6. The van der Waals surface area contributed by atoms with Gasteiger partial charge in [0.15, 0.2) is 0 Å². The summed E-state index contributed by atoms with van der Waals surface area (Å²) >= 11 is 6.96. The van der Waals surface area contributed by atoms with Crippen molar-refractivity contribution in [2.75, 3.05) is 31.0 Å². The summed E-state index contributed by atoms with van der Waals surface area (Å²) in [5.41, 5.74) is 3.73. The Kier molecular flexibility index (Phi) is 5.77. The lowest BCUT2D eigenvalue weighted by Gasteiger charge is -2.16. The Hall–Kier alpha value is -2.44. The highest BCUT2D eigenvalue weighted by atomic mass is 35.5. The number of hydrogen-bond acceptors (Lipinski definition) is 5. The third-order valence-electron chi connectivity index (χ3n) is 4.21. The summed E-state index contributed by atoms with van der Waals surface area (Å²) in [4.78, 5) is 28.5. The van der Waals surface area contributed by atoms with Crippen molar-refractivity contribution in [3.05, 3.63) is 63.5 Å². The van der Waals surface area contributed by atoms with Gasteiger partial charge >= 0.3 is 0 Å². The molecule has 2 aromatic rings. The van der Waals surface area contributed by atoms with Crippen LogP contribution in [0.2, 0.25) is 5.02 Å². The largest absolute Gasteiger partial charge is 0.378 e. The molecule has 1 N–H and O–H groups in total. The topological polar surface area (TPSA) is 52.7 Å². The minimum Gasteiger partial charge on any atom is -0.378 e. The number of anilines is 2. The molecule has 2 aromatic carbocycles. The van der Waals surface area contributed by atoms with E-state index in [1.807, 2.05) is 56.3 Å². The number of aryl methyl sites for hydroxylation is 1. The zero-order valence-corrected chi connectivity index (χ0v) is 16.9. The molecule has 3 rings (SSSR count). The van der Waals surface area contributed by atoms with Crippen LogP contribution in [0, 0.1) is 6.92 Å². The van der Waals surface area contributed by atoms with Crippen LogP contribution < -0.4 is 10.2 Å². The Bertz CT molecular complexity index is 910. The summed E-state index contributed by atoms with van der Waals surface area (Å²) < 4.78 is 0. The SMILES string of the molecule is Cc1ccc(Cl)cc1NCN1C(=O)S/C(=C/c2ccc(N(C)C)cc2)C1=O. The zero-order chi connectivity index (χ0) is 19.6. The number of nitrogens with zero attached hydrogens (tertiary/aromatic N) is 2. The predicted molar refractivity (Wildman–Crippen MR) is 113 cm³/mol. The van der Waals surface area contributed by atoms with Crippen molar-refractivity contribution in [2.45, 2.75) is 6.92 Å². The molecule has 27 heavy (non-hydrogen) atoms. The molecule has 1 aliphatic heterocycles. The molecule has 0 saturated carbocycles. The first kappa shape index (κ1) is 19.3. The lowest BCUT2D eigenvalue weighted by atomic mass is 10.2. The third kappa shape index (κ3) is 4.46. The lowest BCUT2D eigenvalue weighted by Crippen LogP contribution is -2.33. The molecule has 140 valence electrons. The number of halogens is 1. The van der Waals surface area contributed by atoms with Crippen LogP contribution in [0.3, 0.4) is 0 Å². The average molecular weight is 402 g/mol. The molecule has 0 unspecified atom stereocenters. The van der Waals surface area contributed by atoms with Gasteiger partial charge in [-0.05, 0) is 60.2 Å². The van der Waals surface area contributed by atoms with Crippen LogP contribution in [0.25, 0.3) is 6.08 Å². The van der Waals surface area contributed by atoms with E-state index in [2.05, 4.69) is 5.32 Å². The van der Waals surface area contributed by atoms with Crippen LogP contribution >= 0.6 is 23.4 Å². The number of benzene rings is 2. The summed E-state index contributed by atoms with van der Waals surface area (Å²) in [5.74, 6) is -0.297. The van der Waals surface area contributed by atoms with Gasteiger partial charge in [0, 0.05) is 30.5 Å². The Morgan fingerprint density at radius 2 is 1.85 bits per heavy atom. The number of carbonyl (C=O) groups excluding carboxylic acids is 2. The van der Waals surface area contributed by atoms with Gasteiger partial charge in [-0.3, -0.25) is 14.5 Å². The van der Waals surface area contributed by atoms with E-state index < -0.39 is 0 Å². The zero-order valence-electron chi connectivity index (χ0n) is 15.3. The van der Waals surface area contributed by atoms with E-state index in [0.29, 0.717) is 9.93 Å². The fourth-order valence-electron chi connectivity index (χ4n) is 2.61. The Morgan fingerprint density at radius 3 is 2.52 bits per heavy atom. The number of amides is 2. The van der Waals surface area contributed by atoms with E-state index in [1.54, 1.807) is 18.2 Å². The summed E-state index contributed by atoms with van der Waals surface area (Å²) in [6.07, 6.45) is 1.75. The quantitative estimate of drug-likeness (QED) is 0.728. The maximum Gasteiger partial charge on any atom is 0.295 e. The highest BCUT2D eigenvalue weighted by molar-refractivity contribution is 8.18. The molecule has 1 heterocycles. The number of rotatable bonds is 5. The van der Waals surface area contributed by atoms with Crippen molar-refractivity contribution in [3.63, 3.8) is 0 Å². The first-order valence-corrected chi connectivity index (χ1v) is 9.57. The van der Waals surface area contributed by atoms with Crippen LogP contribution in [0.4, 0.5) is 16.2 Å². The summed E-state index contributed by atoms with van der Waals surface area (Å²) in [7, 11) is 3.93. The fraction of sp³-hybridized carbons (Fsp3) is 0.200. The van der Waals surface area contributed by atoms with Gasteiger partial charge in [0.25, 0.3) is 11.1 Å². The molecule has 0 aromatic heterocycles. The minimum absolute atomic E-state index is 0.1000. The van der Waals surface area contributed by atoms with E-state index in [4.69, 9.17) is 11.6 Å². The molecule has 0 spiro atoms. The molecule has 0 bridgehead atoms. The Balaban J connectivity index is 1.71. The van der Waals surface area contributed by atoms with Crippen LogP contribution in [0.1, 0.15) is 11.1 Å². The molecule has 5 nitrogen and oxygen atoms in total. The second-order valence-corrected chi connectivity index (χ2v) is 7.82. The Labute approximate surface area is 168 Å². The van der Waals surface area contributed by atoms with Crippen molar-refractivity contribution < 1.29 is 9.59 Å². The molecular formula is C20H20ClN3O2S. The molecular weight excluding hydrogens is 382 g/mol. The lowest BCUT2D eigenvalue weighted by molar-refractivity contribution is -0.122. The minimum atomic E-state index is -0.297. The monoisotopic (exact) mass is 401 g/mol. The fourth-order valence-corrected chi connectivity index (χ4v) is 3.62. The van der Waals surface area contributed by atoms with Crippen molar-refractivity contribution in [3.8, 4) is 0 Å². The van der Waals surface area contributed by atoms with Gasteiger partial charge in [0.1, 0.15) is 0 Å². The molecule has 1 aliphatic rings. The number of hydrogen-bond donors (Lipinski definition) is 1. The summed E-state index contributed by atoms with van der Waals surface area (Å²) in [6, 6.07) is 13.3. The predicted octanol–water partition coefficient (Wildman–Crippen LogP) is 4.82.